The maximum absolute atomic E-state index is 13.0. The Morgan fingerprint density at radius 2 is 1.73 bits per heavy atom. The molecular weight excluding hydrogens is 422 g/mol. The Bertz CT molecular complexity index is 1000. The number of hydrogen-bond donors (Lipinski definition) is 2. The summed E-state index contributed by atoms with van der Waals surface area (Å²) in [6.07, 6.45) is 2.06. The molecule has 2 aromatic carbocycles. The van der Waals surface area contributed by atoms with E-state index in [1.54, 1.807) is 30.3 Å². The molecule has 1 atom stereocenters. The summed E-state index contributed by atoms with van der Waals surface area (Å²) in [7, 11) is 0. The zero-order chi connectivity index (χ0) is 23.2. The lowest BCUT2D eigenvalue weighted by molar-refractivity contribution is -0.124. The van der Waals surface area contributed by atoms with Gasteiger partial charge in [-0.15, -0.1) is 0 Å². The van der Waals surface area contributed by atoms with Crippen LogP contribution in [0.25, 0.3) is 0 Å². The highest BCUT2D eigenvalue weighted by atomic mass is 16.7. The van der Waals surface area contributed by atoms with E-state index in [9.17, 15) is 14.4 Å². The first-order chi connectivity index (χ1) is 16.1. The molecule has 33 heavy (non-hydrogen) atoms. The topological polar surface area (TPSA) is 97.0 Å². The molecule has 1 saturated heterocycles. The van der Waals surface area contributed by atoms with Crippen molar-refractivity contribution in [1.29, 1.82) is 0 Å². The van der Waals surface area contributed by atoms with Crippen molar-refractivity contribution >= 4 is 17.7 Å². The summed E-state index contributed by atoms with van der Waals surface area (Å²) in [6, 6.07) is 13.5. The van der Waals surface area contributed by atoms with E-state index in [1.165, 1.54) is 0 Å². The molecule has 4 rings (SSSR count). The third kappa shape index (κ3) is 5.27. The second-order valence-electron chi connectivity index (χ2n) is 8.31. The number of nitrogens with zero attached hydrogens (tertiary/aromatic N) is 1. The number of fused-ring (bicyclic) bond motifs is 1. The molecule has 0 unspecified atom stereocenters. The minimum atomic E-state index is -0.677. The Balaban J connectivity index is 1.43. The van der Waals surface area contributed by atoms with Crippen molar-refractivity contribution in [1.82, 2.24) is 15.5 Å². The average molecular weight is 452 g/mol. The molecule has 2 heterocycles. The molecule has 8 nitrogen and oxygen atoms in total. The SMILES string of the molecule is CCCNC(=O)[C@@H](NC(=O)c1ccc2c(c1)OCO2)C1CCN(C(=O)c2ccccc2)CC1. The van der Waals surface area contributed by atoms with Crippen LogP contribution in [0, 0.1) is 5.92 Å². The van der Waals surface area contributed by atoms with Crippen molar-refractivity contribution < 1.29 is 23.9 Å². The largest absolute Gasteiger partial charge is 0.454 e. The number of benzene rings is 2. The van der Waals surface area contributed by atoms with E-state index in [0.29, 0.717) is 55.1 Å². The molecule has 0 spiro atoms. The van der Waals surface area contributed by atoms with Gasteiger partial charge in [0.15, 0.2) is 11.5 Å². The van der Waals surface area contributed by atoms with Crippen molar-refractivity contribution in [2.45, 2.75) is 32.2 Å². The zero-order valence-corrected chi connectivity index (χ0v) is 18.7. The molecule has 8 heteroatoms. The van der Waals surface area contributed by atoms with Crippen LogP contribution in [0.4, 0.5) is 0 Å². The Kier molecular flexibility index (Phi) is 7.12. The Morgan fingerprint density at radius 1 is 1.00 bits per heavy atom. The fraction of sp³-hybridized carbons (Fsp3) is 0.400. The number of carbonyl (C=O) groups excluding carboxylic acids is 3. The van der Waals surface area contributed by atoms with Gasteiger partial charge < -0.3 is 25.0 Å². The molecule has 0 saturated carbocycles. The van der Waals surface area contributed by atoms with Crippen LogP contribution in [-0.2, 0) is 4.79 Å². The summed E-state index contributed by atoms with van der Waals surface area (Å²) in [5.41, 5.74) is 1.06. The minimum Gasteiger partial charge on any atom is -0.454 e. The van der Waals surface area contributed by atoms with Crippen molar-refractivity contribution in [3.63, 3.8) is 0 Å². The highest BCUT2D eigenvalue weighted by molar-refractivity contribution is 5.98. The summed E-state index contributed by atoms with van der Waals surface area (Å²) in [5.74, 6) is 0.498. The fourth-order valence-corrected chi connectivity index (χ4v) is 4.22. The highest BCUT2D eigenvalue weighted by Crippen LogP contribution is 2.32. The van der Waals surface area contributed by atoms with Gasteiger partial charge in [-0.05, 0) is 55.5 Å². The standard InChI is InChI=1S/C25H29N3O5/c1-2-12-26-24(30)22(27-23(29)19-8-9-20-21(15-19)33-16-32-20)17-10-13-28(14-11-17)25(31)18-6-4-3-5-7-18/h3-9,15,17,22H,2,10-14,16H2,1H3,(H,26,30)(H,27,29)/t22-/m0/s1. The van der Waals surface area contributed by atoms with Crippen LogP contribution < -0.4 is 20.1 Å². The summed E-state index contributed by atoms with van der Waals surface area (Å²) < 4.78 is 10.7. The number of rotatable bonds is 7. The molecule has 174 valence electrons. The van der Waals surface area contributed by atoms with Crippen molar-refractivity contribution in [2.75, 3.05) is 26.4 Å². The summed E-state index contributed by atoms with van der Waals surface area (Å²) >= 11 is 0. The predicted octanol–water partition coefficient (Wildman–Crippen LogP) is 2.59. The first-order valence-corrected chi connectivity index (χ1v) is 11.4. The van der Waals surface area contributed by atoms with E-state index < -0.39 is 6.04 Å². The molecule has 2 N–H and O–H groups in total. The van der Waals surface area contributed by atoms with E-state index in [0.717, 1.165) is 6.42 Å². The molecule has 1 fully saturated rings. The van der Waals surface area contributed by atoms with Gasteiger partial charge in [-0.1, -0.05) is 25.1 Å². The Hall–Kier alpha value is -3.55. The van der Waals surface area contributed by atoms with Crippen LogP contribution in [0.15, 0.2) is 48.5 Å². The molecule has 0 aliphatic carbocycles. The third-order valence-electron chi connectivity index (χ3n) is 6.07. The lowest BCUT2D eigenvalue weighted by atomic mass is 9.88. The van der Waals surface area contributed by atoms with E-state index in [1.807, 2.05) is 30.0 Å². The van der Waals surface area contributed by atoms with Gasteiger partial charge in [0.2, 0.25) is 12.7 Å². The average Bonchev–Trinajstić information content (AvgIpc) is 3.34. The number of piperidine rings is 1. The number of nitrogens with one attached hydrogen (secondary N) is 2. The van der Waals surface area contributed by atoms with Gasteiger partial charge in [0.05, 0.1) is 0 Å². The Labute approximate surface area is 193 Å². The quantitative estimate of drug-likeness (QED) is 0.675. The molecule has 0 aromatic heterocycles. The van der Waals surface area contributed by atoms with Gasteiger partial charge >= 0.3 is 0 Å². The molecule has 2 aromatic rings. The molecular formula is C25H29N3O5. The van der Waals surface area contributed by atoms with Crippen LogP contribution in [0.1, 0.15) is 46.9 Å². The van der Waals surface area contributed by atoms with Gasteiger partial charge in [0.25, 0.3) is 11.8 Å². The van der Waals surface area contributed by atoms with Crippen LogP contribution in [0.2, 0.25) is 0 Å². The smallest absolute Gasteiger partial charge is 0.253 e. The Morgan fingerprint density at radius 3 is 2.45 bits per heavy atom. The minimum absolute atomic E-state index is 0.00886. The fourth-order valence-electron chi connectivity index (χ4n) is 4.22. The first-order valence-electron chi connectivity index (χ1n) is 11.4. The number of hydrogen-bond acceptors (Lipinski definition) is 5. The maximum atomic E-state index is 13.0. The predicted molar refractivity (Wildman–Crippen MR) is 122 cm³/mol. The van der Waals surface area contributed by atoms with Gasteiger partial charge in [0.1, 0.15) is 6.04 Å². The van der Waals surface area contributed by atoms with E-state index in [4.69, 9.17) is 9.47 Å². The van der Waals surface area contributed by atoms with E-state index in [-0.39, 0.29) is 30.4 Å². The lowest BCUT2D eigenvalue weighted by Gasteiger charge is -2.36. The van der Waals surface area contributed by atoms with E-state index in [2.05, 4.69) is 10.6 Å². The van der Waals surface area contributed by atoms with Crippen LogP contribution >= 0.6 is 0 Å². The molecule has 3 amide bonds. The lowest BCUT2D eigenvalue weighted by Crippen LogP contribution is -2.54. The number of likely N-dealkylation sites (tertiary alicyclic amines) is 1. The number of ether oxygens (including phenoxy) is 2. The van der Waals surface area contributed by atoms with Crippen molar-refractivity contribution in [2.24, 2.45) is 5.92 Å². The molecule has 2 aliphatic rings. The number of carbonyl (C=O) groups is 3. The molecule has 0 radical (unpaired) electrons. The van der Waals surface area contributed by atoms with Crippen molar-refractivity contribution in [3.8, 4) is 11.5 Å². The highest BCUT2D eigenvalue weighted by Gasteiger charge is 2.34. The maximum Gasteiger partial charge on any atom is 0.253 e. The van der Waals surface area contributed by atoms with Crippen LogP contribution in [0.3, 0.4) is 0 Å². The number of amides is 3. The molecule has 2 aliphatic heterocycles. The normalized spacial score (nSPS) is 16.2. The van der Waals surface area contributed by atoms with Crippen LogP contribution in [0.5, 0.6) is 11.5 Å². The van der Waals surface area contributed by atoms with E-state index >= 15 is 0 Å². The zero-order valence-electron chi connectivity index (χ0n) is 18.7. The van der Waals surface area contributed by atoms with Gasteiger partial charge in [-0.2, -0.15) is 0 Å². The van der Waals surface area contributed by atoms with Gasteiger partial charge in [-0.3, -0.25) is 14.4 Å². The summed E-state index contributed by atoms with van der Waals surface area (Å²) in [4.78, 5) is 40.5. The summed E-state index contributed by atoms with van der Waals surface area (Å²) in [5, 5.41) is 5.84. The monoisotopic (exact) mass is 451 g/mol. The second-order valence-corrected chi connectivity index (χ2v) is 8.31. The molecule has 0 bridgehead atoms. The first kappa shape index (κ1) is 22.6. The third-order valence-corrected chi connectivity index (χ3v) is 6.07. The van der Waals surface area contributed by atoms with Crippen molar-refractivity contribution in [3.05, 3.63) is 59.7 Å². The summed E-state index contributed by atoms with van der Waals surface area (Å²) in [6.45, 7) is 3.73. The second kappa shape index (κ2) is 10.4. The van der Waals surface area contributed by atoms with Gasteiger partial charge in [0, 0.05) is 30.8 Å². The van der Waals surface area contributed by atoms with Gasteiger partial charge in [-0.25, -0.2) is 0 Å². The van der Waals surface area contributed by atoms with Crippen LogP contribution in [-0.4, -0.2) is 55.1 Å².